The second-order valence-corrected chi connectivity index (χ2v) is 11.9. The maximum Gasteiger partial charge on any atom is 0.404 e. The van der Waals surface area contributed by atoms with E-state index in [1.54, 1.807) is 0 Å². The van der Waals surface area contributed by atoms with Crippen molar-refractivity contribution in [3.05, 3.63) is 0 Å². The standard InChI is InChI=1S/C13H15F3O4.C12H15F3O4/c1-12(2,13(14,15)16)11(18)20-8-5-3-6-7(4-5)10(17)19-9(6)8;1-11(2,12(13,14)15)10(17)19-7-4-3-6-5-8(7)18-9(6)16/h5-9H,3-4H2,1-2H3;6-8H,3-5H2,1-2H3. The molecule has 39 heavy (non-hydrogen) atoms. The van der Waals surface area contributed by atoms with Crippen LogP contribution in [0.15, 0.2) is 0 Å². The summed E-state index contributed by atoms with van der Waals surface area (Å²) in [5.41, 5.74) is -5.12. The molecule has 2 heterocycles. The molecule has 2 aliphatic heterocycles. The molecule has 4 bridgehead atoms. The van der Waals surface area contributed by atoms with Crippen LogP contribution in [0.3, 0.4) is 0 Å². The largest absolute Gasteiger partial charge is 0.458 e. The number of hydrogen-bond acceptors (Lipinski definition) is 8. The Hall–Kier alpha value is -2.54. The molecule has 14 heteroatoms. The average molecular weight is 572 g/mol. The highest BCUT2D eigenvalue weighted by atomic mass is 19.4. The summed E-state index contributed by atoms with van der Waals surface area (Å²) in [5, 5.41) is 0. The van der Waals surface area contributed by atoms with Gasteiger partial charge in [0.1, 0.15) is 24.4 Å². The van der Waals surface area contributed by atoms with Crippen LogP contribution in [-0.4, -0.2) is 60.6 Å². The topological polar surface area (TPSA) is 105 Å². The molecule has 3 saturated carbocycles. The zero-order valence-electron chi connectivity index (χ0n) is 21.7. The van der Waals surface area contributed by atoms with Crippen LogP contribution in [0.2, 0.25) is 0 Å². The smallest absolute Gasteiger partial charge is 0.404 e. The third-order valence-electron chi connectivity index (χ3n) is 8.69. The number of hydrogen-bond donors (Lipinski definition) is 0. The highest BCUT2D eigenvalue weighted by Gasteiger charge is 2.64. The fourth-order valence-electron chi connectivity index (χ4n) is 5.67. The van der Waals surface area contributed by atoms with E-state index in [0.29, 0.717) is 32.1 Å². The maximum atomic E-state index is 12.8. The predicted molar refractivity (Wildman–Crippen MR) is 116 cm³/mol. The van der Waals surface area contributed by atoms with Gasteiger partial charge in [0.2, 0.25) is 0 Å². The molecule has 3 aliphatic carbocycles. The first-order valence-electron chi connectivity index (χ1n) is 12.7. The van der Waals surface area contributed by atoms with Gasteiger partial charge >= 0.3 is 36.2 Å². The van der Waals surface area contributed by atoms with Gasteiger partial charge in [-0.05, 0) is 53.4 Å². The molecule has 0 radical (unpaired) electrons. The minimum atomic E-state index is -4.67. The van der Waals surface area contributed by atoms with Gasteiger partial charge in [0.05, 0.1) is 11.8 Å². The van der Waals surface area contributed by atoms with E-state index in [0.717, 1.165) is 27.7 Å². The number of carbonyl (C=O) groups excluding carboxylic acids is 4. The lowest BCUT2D eigenvalue weighted by Crippen LogP contribution is -2.45. The number of halogens is 6. The van der Waals surface area contributed by atoms with Gasteiger partial charge in [0, 0.05) is 18.3 Å². The Morgan fingerprint density at radius 3 is 1.90 bits per heavy atom. The van der Waals surface area contributed by atoms with Crippen molar-refractivity contribution in [1.29, 1.82) is 0 Å². The molecule has 8 atom stereocenters. The van der Waals surface area contributed by atoms with E-state index in [1.165, 1.54) is 0 Å². The lowest BCUT2D eigenvalue weighted by atomic mass is 9.87. The van der Waals surface area contributed by atoms with Gasteiger partial charge in [-0.15, -0.1) is 0 Å². The van der Waals surface area contributed by atoms with E-state index in [1.807, 2.05) is 0 Å². The van der Waals surface area contributed by atoms with Gasteiger partial charge in [-0.3, -0.25) is 19.2 Å². The molecule has 0 aromatic carbocycles. The van der Waals surface area contributed by atoms with Gasteiger partial charge in [0.25, 0.3) is 0 Å². The predicted octanol–water partition coefficient (Wildman–Crippen LogP) is 4.28. The first-order valence-corrected chi connectivity index (χ1v) is 12.7. The third-order valence-corrected chi connectivity index (χ3v) is 8.69. The number of carbonyl (C=O) groups is 4. The molecule has 220 valence electrons. The van der Waals surface area contributed by atoms with Crippen LogP contribution in [0.4, 0.5) is 26.3 Å². The lowest BCUT2D eigenvalue weighted by Gasteiger charge is -2.31. The van der Waals surface area contributed by atoms with E-state index in [4.69, 9.17) is 18.9 Å². The van der Waals surface area contributed by atoms with E-state index in [9.17, 15) is 45.5 Å². The highest BCUT2D eigenvalue weighted by molar-refractivity contribution is 5.79. The Bertz CT molecular complexity index is 1030. The third kappa shape index (κ3) is 5.07. The summed E-state index contributed by atoms with van der Waals surface area (Å²) in [5.74, 6) is -3.71. The zero-order chi connectivity index (χ0) is 29.3. The molecular formula is C25H30F6O8. The summed E-state index contributed by atoms with van der Waals surface area (Å²) in [6.07, 6.45) is -9.49. The SMILES string of the molecule is CC(C)(C(=O)OC1C2CC3C(=O)OC1C3C2)C(F)(F)F.CC(C)(C(=O)OC1CCC2CC1OC2=O)C(F)(F)F. The molecule has 0 N–H and O–H groups in total. The van der Waals surface area contributed by atoms with Crippen molar-refractivity contribution in [2.75, 3.05) is 0 Å². The van der Waals surface area contributed by atoms with Gasteiger partial charge in [-0.2, -0.15) is 26.3 Å². The molecule has 0 amide bonds. The Labute approximate surface area is 220 Å². The zero-order valence-corrected chi connectivity index (χ0v) is 21.7. The minimum Gasteiger partial charge on any atom is -0.458 e. The van der Waals surface area contributed by atoms with Crippen LogP contribution in [0.5, 0.6) is 0 Å². The maximum absolute atomic E-state index is 12.8. The Kier molecular flexibility index (Phi) is 7.20. The Balaban J connectivity index is 0.000000181. The van der Waals surface area contributed by atoms with Crippen molar-refractivity contribution in [1.82, 2.24) is 0 Å². The second-order valence-electron chi connectivity index (χ2n) is 11.9. The van der Waals surface area contributed by atoms with Crippen LogP contribution in [-0.2, 0) is 38.1 Å². The minimum absolute atomic E-state index is 0.000649. The first kappa shape index (κ1) is 29.4. The number of alkyl halides is 6. The molecule has 5 rings (SSSR count). The van der Waals surface area contributed by atoms with Gasteiger partial charge < -0.3 is 18.9 Å². The fraction of sp³-hybridized carbons (Fsp3) is 0.840. The molecule has 8 nitrogen and oxygen atoms in total. The van der Waals surface area contributed by atoms with Gasteiger partial charge in [-0.1, -0.05) is 0 Å². The molecule has 2 saturated heterocycles. The molecule has 5 aliphatic rings. The molecule has 0 spiro atoms. The number of ether oxygens (including phenoxy) is 4. The summed E-state index contributed by atoms with van der Waals surface area (Å²) in [4.78, 5) is 46.3. The van der Waals surface area contributed by atoms with Crippen LogP contribution in [0.25, 0.3) is 0 Å². The van der Waals surface area contributed by atoms with E-state index < -0.39 is 59.5 Å². The van der Waals surface area contributed by atoms with Crippen LogP contribution < -0.4 is 0 Å². The number of fused-ring (bicyclic) bond motifs is 3. The number of esters is 4. The molecule has 5 fully saturated rings. The average Bonchev–Trinajstić information content (AvgIpc) is 3.51. The summed E-state index contributed by atoms with van der Waals surface area (Å²) in [6.45, 7) is 3.15. The summed E-state index contributed by atoms with van der Waals surface area (Å²) < 4.78 is 96.7. The van der Waals surface area contributed by atoms with Crippen LogP contribution >= 0.6 is 0 Å². The van der Waals surface area contributed by atoms with Crippen LogP contribution in [0, 0.1) is 34.5 Å². The molecular weight excluding hydrogens is 542 g/mol. The Morgan fingerprint density at radius 2 is 1.33 bits per heavy atom. The van der Waals surface area contributed by atoms with Crippen molar-refractivity contribution in [2.45, 2.75) is 96.6 Å². The van der Waals surface area contributed by atoms with Crippen LogP contribution in [0.1, 0.15) is 59.8 Å². The molecule has 0 aromatic heterocycles. The summed E-state index contributed by atoms with van der Waals surface area (Å²) in [7, 11) is 0. The quantitative estimate of drug-likeness (QED) is 0.279. The van der Waals surface area contributed by atoms with Crippen molar-refractivity contribution in [2.24, 2.45) is 34.5 Å². The van der Waals surface area contributed by atoms with E-state index >= 15 is 0 Å². The fourth-order valence-corrected chi connectivity index (χ4v) is 5.67. The van der Waals surface area contributed by atoms with Gasteiger partial charge in [-0.25, -0.2) is 0 Å². The normalized spacial score (nSPS) is 35.1. The van der Waals surface area contributed by atoms with Crippen molar-refractivity contribution < 1.29 is 64.5 Å². The Morgan fingerprint density at radius 1 is 0.769 bits per heavy atom. The lowest BCUT2D eigenvalue weighted by molar-refractivity contribution is -0.231. The van der Waals surface area contributed by atoms with E-state index in [2.05, 4.69) is 0 Å². The van der Waals surface area contributed by atoms with Crippen molar-refractivity contribution in [3.8, 4) is 0 Å². The monoisotopic (exact) mass is 572 g/mol. The van der Waals surface area contributed by atoms with Crippen molar-refractivity contribution in [3.63, 3.8) is 0 Å². The van der Waals surface area contributed by atoms with Crippen molar-refractivity contribution >= 4 is 23.9 Å². The van der Waals surface area contributed by atoms with E-state index in [-0.39, 0.29) is 35.6 Å². The summed E-state index contributed by atoms with van der Waals surface area (Å²) >= 11 is 0. The molecule has 8 unspecified atom stereocenters. The highest BCUT2D eigenvalue weighted by Crippen LogP contribution is 2.56. The number of rotatable bonds is 4. The van der Waals surface area contributed by atoms with Gasteiger partial charge in [0.15, 0.2) is 10.8 Å². The molecule has 0 aromatic rings. The first-order chi connectivity index (χ1) is 17.8. The second kappa shape index (κ2) is 9.53. The summed E-state index contributed by atoms with van der Waals surface area (Å²) in [6, 6.07) is 0.